The van der Waals surface area contributed by atoms with Gasteiger partial charge in [-0.25, -0.2) is 9.78 Å². The van der Waals surface area contributed by atoms with Gasteiger partial charge in [-0.05, 0) is 45.6 Å². The van der Waals surface area contributed by atoms with Crippen LogP contribution in [0.5, 0.6) is 0 Å². The van der Waals surface area contributed by atoms with Crippen molar-refractivity contribution in [1.29, 1.82) is 0 Å². The lowest BCUT2D eigenvalue weighted by Crippen LogP contribution is -2.48. The van der Waals surface area contributed by atoms with Crippen LogP contribution in [0.2, 0.25) is 0 Å². The smallest absolute Gasteiger partial charge is 0.317 e. The summed E-state index contributed by atoms with van der Waals surface area (Å²) in [6.45, 7) is 7.67. The highest BCUT2D eigenvalue weighted by molar-refractivity contribution is 5.74. The molecule has 3 heterocycles. The summed E-state index contributed by atoms with van der Waals surface area (Å²) in [5, 5.41) is 7.60. The summed E-state index contributed by atoms with van der Waals surface area (Å²) in [6.07, 6.45) is 6.49. The SMILES string of the molecule is Cc1nn(C)c(C)c1CC(C)NC(=O)N1CCCC(c2ncc[nH]2)C1. The van der Waals surface area contributed by atoms with Crippen molar-refractivity contribution in [1.82, 2.24) is 30.0 Å². The number of likely N-dealkylation sites (tertiary alicyclic amines) is 1. The lowest BCUT2D eigenvalue weighted by molar-refractivity contribution is 0.175. The zero-order valence-electron chi connectivity index (χ0n) is 15.5. The molecule has 1 aliphatic rings. The monoisotopic (exact) mass is 344 g/mol. The van der Waals surface area contributed by atoms with Gasteiger partial charge in [0.25, 0.3) is 0 Å². The van der Waals surface area contributed by atoms with E-state index in [4.69, 9.17) is 0 Å². The summed E-state index contributed by atoms with van der Waals surface area (Å²) in [5.41, 5.74) is 3.42. The molecule has 0 spiro atoms. The van der Waals surface area contributed by atoms with Gasteiger partial charge < -0.3 is 15.2 Å². The molecule has 1 fully saturated rings. The van der Waals surface area contributed by atoms with Crippen molar-refractivity contribution in [2.24, 2.45) is 7.05 Å². The average Bonchev–Trinajstić information content (AvgIpc) is 3.20. The fourth-order valence-electron chi connectivity index (χ4n) is 3.66. The van der Waals surface area contributed by atoms with Crippen LogP contribution in [0, 0.1) is 13.8 Å². The van der Waals surface area contributed by atoms with Gasteiger partial charge in [0.05, 0.1) is 5.69 Å². The first-order valence-electron chi connectivity index (χ1n) is 8.99. The van der Waals surface area contributed by atoms with E-state index in [0.717, 1.165) is 49.6 Å². The third kappa shape index (κ3) is 3.86. The van der Waals surface area contributed by atoms with Crippen LogP contribution in [0.3, 0.4) is 0 Å². The Morgan fingerprint density at radius 1 is 1.48 bits per heavy atom. The molecule has 2 unspecified atom stereocenters. The minimum absolute atomic E-state index is 0.0166. The molecule has 25 heavy (non-hydrogen) atoms. The molecular formula is C18H28N6O. The molecule has 2 aromatic rings. The van der Waals surface area contributed by atoms with Crippen molar-refractivity contribution in [3.63, 3.8) is 0 Å². The number of hydrogen-bond donors (Lipinski definition) is 2. The molecule has 0 saturated carbocycles. The Labute approximate surface area is 148 Å². The lowest BCUT2D eigenvalue weighted by atomic mass is 9.97. The number of nitrogens with zero attached hydrogens (tertiary/aromatic N) is 4. The van der Waals surface area contributed by atoms with E-state index in [9.17, 15) is 4.79 Å². The van der Waals surface area contributed by atoms with Crippen molar-refractivity contribution >= 4 is 6.03 Å². The van der Waals surface area contributed by atoms with E-state index in [1.54, 1.807) is 6.20 Å². The molecule has 3 rings (SSSR count). The maximum absolute atomic E-state index is 12.7. The van der Waals surface area contributed by atoms with Crippen molar-refractivity contribution < 1.29 is 4.79 Å². The van der Waals surface area contributed by atoms with Gasteiger partial charge in [0, 0.05) is 50.2 Å². The van der Waals surface area contributed by atoms with Crippen LogP contribution in [0.1, 0.15) is 48.5 Å². The summed E-state index contributed by atoms with van der Waals surface area (Å²) in [7, 11) is 1.96. The molecule has 0 aromatic carbocycles. The number of carbonyl (C=O) groups excluding carboxylic acids is 1. The zero-order valence-corrected chi connectivity index (χ0v) is 15.5. The number of rotatable bonds is 4. The standard InChI is InChI=1S/C18H28N6O/c1-12(10-16-13(2)22-23(4)14(16)3)21-18(25)24-9-5-6-15(11-24)17-19-7-8-20-17/h7-8,12,15H,5-6,9-11H2,1-4H3,(H,19,20)(H,21,25). The molecular weight excluding hydrogens is 316 g/mol. The fourth-order valence-corrected chi connectivity index (χ4v) is 3.66. The quantitative estimate of drug-likeness (QED) is 0.893. The predicted octanol–water partition coefficient (Wildman–Crippen LogP) is 2.28. The molecule has 2 N–H and O–H groups in total. The predicted molar refractivity (Wildman–Crippen MR) is 96.5 cm³/mol. The molecule has 0 bridgehead atoms. The highest BCUT2D eigenvalue weighted by atomic mass is 16.2. The first kappa shape index (κ1) is 17.5. The first-order valence-corrected chi connectivity index (χ1v) is 8.99. The minimum Gasteiger partial charge on any atom is -0.348 e. The number of aromatic nitrogens is 4. The number of aryl methyl sites for hydroxylation is 2. The Hall–Kier alpha value is -2.31. The Kier molecular flexibility index (Phi) is 5.11. The van der Waals surface area contributed by atoms with Crippen molar-refractivity contribution in [3.05, 3.63) is 35.2 Å². The molecule has 2 amide bonds. The third-order valence-corrected chi connectivity index (χ3v) is 5.15. The van der Waals surface area contributed by atoms with E-state index in [1.807, 2.05) is 29.7 Å². The zero-order chi connectivity index (χ0) is 18.0. The summed E-state index contributed by atoms with van der Waals surface area (Å²) >= 11 is 0. The average molecular weight is 344 g/mol. The fraction of sp³-hybridized carbons (Fsp3) is 0.611. The maximum atomic E-state index is 12.7. The molecule has 2 aromatic heterocycles. The summed E-state index contributed by atoms with van der Waals surface area (Å²) in [4.78, 5) is 22.1. The van der Waals surface area contributed by atoms with Crippen molar-refractivity contribution in [3.8, 4) is 0 Å². The minimum atomic E-state index is 0.0166. The number of hydrogen-bond acceptors (Lipinski definition) is 3. The Morgan fingerprint density at radius 3 is 2.92 bits per heavy atom. The topological polar surface area (TPSA) is 78.8 Å². The molecule has 7 nitrogen and oxygen atoms in total. The molecule has 0 aliphatic carbocycles. The molecule has 1 aliphatic heterocycles. The van der Waals surface area contributed by atoms with E-state index >= 15 is 0 Å². The number of piperidine rings is 1. The van der Waals surface area contributed by atoms with Crippen LogP contribution >= 0.6 is 0 Å². The van der Waals surface area contributed by atoms with Gasteiger partial charge in [0.2, 0.25) is 0 Å². The molecule has 1 saturated heterocycles. The van der Waals surface area contributed by atoms with Crippen LogP contribution in [0.25, 0.3) is 0 Å². The normalized spacial score (nSPS) is 19.0. The Bertz CT molecular complexity index is 720. The first-order chi connectivity index (χ1) is 12.0. The summed E-state index contributed by atoms with van der Waals surface area (Å²) in [6, 6.07) is 0.0843. The van der Waals surface area contributed by atoms with Gasteiger partial charge in [-0.1, -0.05) is 0 Å². The van der Waals surface area contributed by atoms with Crippen molar-refractivity contribution in [2.45, 2.75) is 52.0 Å². The second-order valence-corrected chi connectivity index (χ2v) is 7.09. The second-order valence-electron chi connectivity index (χ2n) is 7.09. The number of H-pyrrole nitrogens is 1. The van der Waals surface area contributed by atoms with Crippen LogP contribution in [-0.2, 0) is 13.5 Å². The molecule has 136 valence electrons. The highest BCUT2D eigenvalue weighted by Crippen LogP contribution is 2.24. The van der Waals surface area contributed by atoms with Gasteiger partial charge in [-0.3, -0.25) is 4.68 Å². The van der Waals surface area contributed by atoms with Gasteiger partial charge >= 0.3 is 6.03 Å². The number of urea groups is 1. The number of imidazole rings is 1. The number of carbonyl (C=O) groups is 1. The summed E-state index contributed by atoms with van der Waals surface area (Å²) < 4.78 is 1.90. The number of nitrogens with one attached hydrogen (secondary N) is 2. The Morgan fingerprint density at radius 2 is 2.28 bits per heavy atom. The maximum Gasteiger partial charge on any atom is 0.317 e. The van der Waals surface area contributed by atoms with Crippen LogP contribution in [-0.4, -0.2) is 49.8 Å². The lowest BCUT2D eigenvalue weighted by Gasteiger charge is -2.32. The third-order valence-electron chi connectivity index (χ3n) is 5.15. The number of aromatic amines is 1. The van der Waals surface area contributed by atoms with E-state index in [-0.39, 0.29) is 12.1 Å². The largest absolute Gasteiger partial charge is 0.348 e. The van der Waals surface area contributed by atoms with E-state index < -0.39 is 0 Å². The molecule has 2 atom stereocenters. The van der Waals surface area contributed by atoms with Crippen LogP contribution in [0.4, 0.5) is 4.79 Å². The van der Waals surface area contributed by atoms with Gasteiger partial charge in [-0.15, -0.1) is 0 Å². The van der Waals surface area contributed by atoms with Gasteiger partial charge in [0.1, 0.15) is 5.82 Å². The van der Waals surface area contributed by atoms with Crippen molar-refractivity contribution in [2.75, 3.05) is 13.1 Å². The molecule has 0 radical (unpaired) electrons. The van der Waals surface area contributed by atoms with Crippen LogP contribution < -0.4 is 5.32 Å². The number of amides is 2. The molecule has 7 heteroatoms. The Balaban J connectivity index is 1.57. The van der Waals surface area contributed by atoms with Gasteiger partial charge in [-0.2, -0.15) is 5.10 Å². The van der Waals surface area contributed by atoms with E-state index in [0.29, 0.717) is 5.92 Å². The van der Waals surface area contributed by atoms with E-state index in [2.05, 4.69) is 34.2 Å². The summed E-state index contributed by atoms with van der Waals surface area (Å²) in [5.74, 6) is 1.28. The second kappa shape index (κ2) is 7.29. The van der Waals surface area contributed by atoms with E-state index in [1.165, 1.54) is 5.56 Å². The van der Waals surface area contributed by atoms with Gasteiger partial charge in [0.15, 0.2) is 0 Å². The van der Waals surface area contributed by atoms with Crippen LogP contribution in [0.15, 0.2) is 12.4 Å². The highest BCUT2D eigenvalue weighted by Gasteiger charge is 2.27.